The highest BCUT2D eigenvalue weighted by molar-refractivity contribution is 7.92. The lowest BCUT2D eigenvalue weighted by Crippen LogP contribution is -2.42. The minimum atomic E-state index is -3.96. The van der Waals surface area contributed by atoms with Crippen LogP contribution in [0.3, 0.4) is 0 Å². The molecule has 0 aliphatic carbocycles. The van der Waals surface area contributed by atoms with E-state index >= 15 is 0 Å². The van der Waals surface area contributed by atoms with E-state index in [1.807, 2.05) is 58.0 Å². The third-order valence-corrected chi connectivity index (χ3v) is 7.72. The number of carbonyl (C=O) groups excluding carboxylic acids is 1. The second-order valence-corrected chi connectivity index (χ2v) is 10.3. The van der Waals surface area contributed by atoms with Gasteiger partial charge in [0.25, 0.3) is 10.0 Å². The van der Waals surface area contributed by atoms with Crippen LogP contribution in [0.1, 0.15) is 41.6 Å². The second kappa shape index (κ2) is 10.7. The van der Waals surface area contributed by atoms with E-state index in [0.29, 0.717) is 12.1 Å². The van der Waals surface area contributed by atoms with Gasteiger partial charge in [-0.05, 0) is 80.3 Å². The Morgan fingerprint density at radius 1 is 0.941 bits per heavy atom. The van der Waals surface area contributed by atoms with Crippen LogP contribution >= 0.6 is 0 Å². The first kappa shape index (κ1) is 25.3. The maximum Gasteiger partial charge on any atom is 0.264 e. The van der Waals surface area contributed by atoms with Crippen LogP contribution < -0.4 is 14.4 Å². The van der Waals surface area contributed by atoms with Gasteiger partial charge < -0.3 is 10.1 Å². The Morgan fingerprint density at radius 2 is 1.59 bits per heavy atom. The second-order valence-electron chi connectivity index (χ2n) is 8.39. The standard InChI is InChI=1S/C27H32N2O4S/c1-6-26(22-10-13-24(33-5)14-11-22)28-27(30)18-29(23-12-9-20(3)21(4)17-23)34(31,32)25-15-7-19(2)8-16-25/h7-17,26H,6,18H2,1-5H3,(H,28,30)/t26-/m0/s1. The zero-order valence-corrected chi connectivity index (χ0v) is 21.1. The van der Waals surface area contributed by atoms with Crippen LogP contribution in [0.5, 0.6) is 5.75 Å². The molecule has 7 heteroatoms. The summed E-state index contributed by atoms with van der Waals surface area (Å²) in [6.45, 7) is 7.43. The fourth-order valence-corrected chi connectivity index (χ4v) is 5.07. The van der Waals surface area contributed by atoms with E-state index in [1.165, 1.54) is 4.31 Å². The van der Waals surface area contributed by atoms with Crippen molar-refractivity contribution in [2.24, 2.45) is 0 Å². The lowest BCUT2D eigenvalue weighted by molar-refractivity contribution is -0.120. The SMILES string of the molecule is CC[C@H](NC(=O)CN(c1ccc(C)c(C)c1)S(=O)(=O)c1ccc(C)cc1)c1ccc(OC)cc1. The molecule has 0 bridgehead atoms. The Balaban J connectivity index is 1.91. The van der Waals surface area contributed by atoms with Crippen molar-refractivity contribution in [1.29, 1.82) is 0 Å². The lowest BCUT2D eigenvalue weighted by atomic mass is 10.0. The zero-order valence-electron chi connectivity index (χ0n) is 20.3. The molecular weight excluding hydrogens is 448 g/mol. The third-order valence-electron chi connectivity index (χ3n) is 5.94. The summed E-state index contributed by atoms with van der Waals surface area (Å²) in [5.41, 5.74) is 4.34. The van der Waals surface area contributed by atoms with Gasteiger partial charge in [-0.15, -0.1) is 0 Å². The molecule has 1 N–H and O–H groups in total. The van der Waals surface area contributed by atoms with E-state index in [0.717, 1.165) is 28.0 Å². The van der Waals surface area contributed by atoms with Crippen LogP contribution in [0.4, 0.5) is 5.69 Å². The van der Waals surface area contributed by atoms with Crippen molar-refractivity contribution < 1.29 is 17.9 Å². The Kier molecular flexibility index (Phi) is 7.99. The van der Waals surface area contributed by atoms with E-state index in [1.54, 1.807) is 43.5 Å². The number of hydrogen-bond acceptors (Lipinski definition) is 4. The molecule has 180 valence electrons. The van der Waals surface area contributed by atoms with E-state index in [9.17, 15) is 13.2 Å². The van der Waals surface area contributed by atoms with Crippen LogP contribution in [-0.2, 0) is 14.8 Å². The van der Waals surface area contributed by atoms with Crippen LogP contribution in [0.15, 0.2) is 71.6 Å². The molecule has 0 aromatic heterocycles. The number of amides is 1. The van der Waals surface area contributed by atoms with E-state index in [-0.39, 0.29) is 23.4 Å². The molecule has 0 saturated heterocycles. The first-order valence-electron chi connectivity index (χ1n) is 11.3. The Labute approximate surface area is 202 Å². The molecule has 0 heterocycles. The highest BCUT2D eigenvalue weighted by Gasteiger charge is 2.28. The van der Waals surface area contributed by atoms with Gasteiger partial charge in [-0.1, -0.05) is 42.8 Å². The normalized spacial score (nSPS) is 12.1. The smallest absolute Gasteiger partial charge is 0.264 e. The number of hydrogen-bond donors (Lipinski definition) is 1. The summed E-state index contributed by atoms with van der Waals surface area (Å²) in [5.74, 6) is 0.353. The van der Waals surface area contributed by atoms with Crippen molar-refractivity contribution in [3.05, 3.63) is 89.0 Å². The third kappa shape index (κ3) is 5.78. The van der Waals surface area contributed by atoms with Gasteiger partial charge in [-0.25, -0.2) is 8.42 Å². The maximum atomic E-state index is 13.6. The quantitative estimate of drug-likeness (QED) is 0.463. The van der Waals surface area contributed by atoms with Gasteiger partial charge in [0.1, 0.15) is 12.3 Å². The summed E-state index contributed by atoms with van der Waals surface area (Å²) in [5, 5.41) is 2.99. The number of anilines is 1. The Bertz CT molecular complexity index is 1240. The average molecular weight is 481 g/mol. The fraction of sp³-hybridized carbons (Fsp3) is 0.296. The molecule has 3 aromatic carbocycles. The van der Waals surface area contributed by atoms with Crippen molar-refractivity contribution in [3.63, 3.8) is 0 Å². The molecule has 0 saturated carbocycles. The molecular formula is C27H32N2O4S. The minimum Gasteiger partial charge on any atom is -0.497 e. The average Bonchev–Trinajstić information content (AvgIpc) is 2.83. The highest BCUT2D eigenvalue weighted by atomic mass is 32.2. The number of nitrogens with one attached hydrogen (secondary N) is 1. The number of carbonyl (C=O) groups is 1. The molecule has 3 rings (SSSR count). The van der Waals surface area contributed by atoms with Crippen molar-refractivity contribution in [2.75, 3.05) is 18.0 Å². The molecule has 0 aliphatic rings. The maximum absolute atomic E-state index is 13.6. The van der Waals surface area contributed by atoms with Crippen molar-refractivity contribution in [2.45, 2.75) is 45.1 Å². The zero-order chi connectivity index (χ0) is 24.9. The number of methoxy groups -OCH3 is 1. The minimum absolute atomic E-state index is 0.145. The molecule has 1 amide bonds. The molecule has 0 radical (unpaired) electrons. The van der Waals surface area contributed by atoms with Crippen molar-refractivity contribution in [1.82, 2.24) is 5.32 Å². The summed E-state index contributed by atoms with van der Waals surface area (Å²) in [4.78, 5) is 13.3. The highest BCUT2D eigenvalue weighted by Crippen LogP contribution is 2.26. The Hall–Kier alpha value is -3.32. The van der Waals surface area contributed by atoms with E-state index < -0.39 is 10.0 Å². The predicted molar refractivity (Wildman–Crippen MR) is 136 cm³/mol. The number of benzene rings is 3. The number of aryl methyl sites for hydroxylation is 3. The van der Waals surface area contributed by atoms with Gasteiger partial charge in [0.05, 0.1) is 23.7 Å². The van der Waals surface area contributed by atoms with Crippen LogP contribution in [0.2, 0.25) is 0 Å². The van der Waals surface area contributed by atoms with E-state index in [4.69, 9.17) is 4.74 Å². The first-order valence-corrected chi connectivity index (χ1v) is 12.7. The number of sulfonamides is 1. The number of ether oxygens (including phenoxy) is 1. The summed E-state index contributed by atoms with van der Waals surface area (Å²) >= 11 is 0. The summed E-state index contributed by atoms with van der Waals surface area (Å²) in [6, 6.07) is 19.3. The summed E-state index contributed by atoms with van der Waals surface area (Å²) in [6.07, 6.45) is 0.659. The molecule has 0 unspecified atom stereocenters. The van der Waals surface area contributed by atoms with Gasteiger partial charge in [-0.3, -0.25) is 9.10 Å². The van der Waals surface area contributed by atoms with Gasteiger partial charge in [0.15, 0.2) is 0 Å². The lowest BCUT2D eigenvalue weighted by Gasteiger charge is -2.26. The molecule has 3 aromatic rings. The first-order chi connectivity index (χ1) is 16.1. The summed E-state index contributed by atoms with van der Waals surface area (Å²) < 4.78 is 33.6. The van der Waals surface area contributed by atoms with Crippen molar-refractivity contribution in [3.8, 4) is 5.75 Å². The number of nitrogens with zero attached hydrogens (tertiary/aromatic N) is 1. The van der Waals surface area contributed by atoms with Gasteiger partial charge in [0.2, 0.25) is 5.91 Å². The fourth-order valence-electron chi connectivity index (χ4n) is 3.66. The molecule has 1 atom stereocenters. The van der Waals surface area contributed by atoms with Gasteiger partial charge in [0, 0.05) is 0 Å². The van der Waals surface area contributed by atoms with Crippen LogP contribution in [0, 0.1) is 20.8 Å². The Morgan fingerprint density at radius 3 is 2.15 bits per heavy atom. The van der Waals surface area contributed by atoms with Crippen molar-refractivity contribution >= 4 is 21.6 Å². The molecule has 6 nitrogen and oxygen atoms in total. The van der Waals surface area contributed by atoms with Gasteiger partial charge >= 0.3 is 0 Å². The van der Waals surface area contributed by atoms with E-state index in [2.05, 4.69) is 5.32 Å². The number of rotatable bonds is 9. The largest absolute Gasteiger partial charge is 0.497 e. The predicted octanol–water partition coefficient (Wildman–Crippen LogP) is 5.08. The molecule has 0 spiro atoms. The van der Waals surface area contributed by atoms with Crippen LogP contribution in [0.25, 0.3) is 0 Å². The van der Waals surface area contributed by atoms with Crippen LogP contribution in [-0.4, -0.2) is 28.0 Å². The molecule has 0 fully saturated rings. The molecule has 0 aliphatic heterocycles. The molecule has 34 heavy (non-hydrogen) atoms. The topological polar surface area (TPSA) is 75.7 Å². The van der Waals surface area contributed by atoms with Gasteiger partial charge in [-0.2, -0.15) is 0 Å². The monoisotopic (exact) mass is 480 g/mol. The summed E-state index contributed by atoms with van der Waals surface area (Å²) in [7, 11) is -2.35.